The van der Waals surface area contributed by atoms with Crippen LogP contribution in [0.2, 0.25) is 0 Å². The number of carbonyl (C=O) groups is 2. The van der Waals surface area contributed by atoms with Crippen LogP contribution in [0.15, 0.2) is 18.6 Å². The van der Waals surface area contributed by atoms with Crippen LogP contribution in [0.25, 0.3) is 0 Å². The van der Waals surface area contributed by atoms with Crippen molar-refractivity contribution >= 4 is 11.8 Å². The molecule has 0 atom stereocenters. The highest BCUT2D eigenvalue weighted by Gasteiger charge is 2.18. The van der Waals surface area contributed by atoms with Gasteiger partial charge in [-0.1, -0.05) is 32.6 Å². The van der Waals surface area contributed by atoms with Gasteiger partial charge in [-0.2, -0.15) is 0 Å². The van der Waals surface area contributed by atoms with Crippen molar-refractivity contribution in [2.24, 2.45) is 0 Å². The summed E-state index contributed by atoms with van der Waals surface area (Å²) in [5, 5.41) is 2.99. The van der Waals surface area contributed by atoms with Gasteiger partial charge in [0.05, 0.1) is 6.20 Å². The number of unbranched alkanes of at least 4 members (excludes halogenated alkanes) is 3. The van der Waals surface area contributed by atoms with E-state index in [0.717, 1.165) is 45.3 Å². The molecule has 0 saturated carbocycles. The number of likely N-dealkylation sites (tertiary alicyclic amines) is 1. The molecule has 156 valence electrons. The first-order valence-corrected chi connectivity index (χ1v) is 10.7. The quantitative estimate of drug-likeness (QED) is 0.556. The first kappa shape index (κ1) is 22.3. The molecule has 1 N–H and O–H groups in total. The van der Waals surface area contributed by atoms with Gasteiger partial charge in [0, 0.05) is 45.0 Å². The van der Waals surface area contributed by atoms with Crippen molar-refractivity contribution in [2.75, 3.05) is 39.3 Å². The van der Waals surface area contributed by atoms with E-state index < -0.39 is 0 Å². The molecular weight excluding hydrogens is 354 g/mol. The average Bonchev–Trinajstić information content (AvgIpc) is 2.74. The lowest BCUT2D eigenvalue weighted by Gasteiger charge is -2.26. The van der Waals surface area contributed by atoms with Crippen LogP contribution in [0, 0.1) is 0 Å². The van der Waals surface area contributed by atoms with Gasteiger partial charge in [0.15, 0.2) is 0 Å². The van der Waals surface area contributed by atoms with Crippen molar-refractivity contribution in [3.05, 3.63) is 24.3 Å². The van der Waals surface area contributed by atoms with Crippen LogP contribution >= 0.6 is 0 Å². The standard InChI is InChI=1S/C21H35N5O2/c1-2-3-4-8-15-26(21(28)19-18-22-10-11-23-19)16-9-20(27)24-12-17-25-13-6-5-7-14-25/h10-11,18H,2-9,12-17H2,1H3,(H,24,27). The summed E-state index contributed by atoms with van der Waals surface area (Å²) in [5.41, 5.74) is 0.337. The minimum Gasteiger partial charge on any atom is -0.355 e. The topological polar surface area (TPSA) is 78.4 Å². The van der Waals surface area contributed by atoms with Gasteiger partial charge in [0.1, 0.15) is 5.69 Å². The van der Waals surface area contributed by atoms with Gasteiger partial charge < -0.3 is 15.1 Å². The van der Waals surface area contributed by atoms with Gasteiger partial charge >= 0.3 is 0 Å². The molecule has 28 heavy (non-hydrogen) atoms. The maximum absolute atomic E-state index is 12.7. The Bertz CT molecular complexity index is 575. The second-order valence-electron chi connectivity index (χ2n) is 7.45. The Morgan fingerprint density at radius 2 is 1.93 bits per heavy atom. The van der Waals surface area contributed by atoms with Crippen molar-refractivity contribution < 1.29 is 9.59 Å². The second-order valence-corrected chi connectivity index (χ2v) is 7.45. The van der Waals surface area contributed by atoms with E-state index in [4.69, 9.17) is 0 Å². The molecule has 1 aliphatic heterocycles. The highest BCUT2D eigenvalue weighted by molar-refractivity contribution is 5.92. The van der Waals surface area contributed by atoms with Crippen LogP contribution in [-0.2, 0) is 4.79 Å². The third kappa shape index (κ3) is 8.33. The van der Waals surface area contributed by atoms with Crippen molar-refractivity contribution in [3.63, 3.8) is 0 Å². The van der Waals surface area contributed by atoms with E-state index >= 15 is 0 Å². The van der Waals surface area contributed by atoms with E-state index in [9.17, 15) is 9.59 Å². The fourth-order valence-corrected chi connectivity index (χ4v) is 3.48. The molecule has 0 bridgehead atoms. The molecule has 1 aliphatic rings. The third-order valence-electron chi connectivity index (χ3n) is 5.16. The number of amides is 2. The van der Waals surface area contributed by atoms with Gasteiger partial charge in [-0.05, 0) is 32.4 Å². The molecule has 2 rings (SSSR count). The molecule has 1 fully saturated rings. The number of carbonyl (C=O) groups excluding carboxylic acids is 2. The lowest BCUT2D eigenvalue weighted by Crippen LogP contribution is -2.39. The Hall–Kier alpha value is -2.02. The number of hydrogen-bond donors (Lipinski definition) is 1. The largest absolute Gasteiger partial charge is 0.355 e. The zero-order valence-electron chi connectivity index (χ0n) is 17.2. The summed E-state index contributed by atoms with van der Waals surface area (Å²) in [7, 11) is 0. The van der Waals surface area contributed by atoms with Gasteiger partial charge in [0.25, 0.3) is 5.91 Å². The van der Waals surface area contributed by atoms with Crippen LogP contribution in [-0.4, -0.2) is 70.9 Å². The first-order valence-electron chi connectivity index (χ1n) is 10.7. The van der Waals surface area contributed by atoms with Crippen molar-refractivity contribution in [1.29, 1.82) is 0 Å². The van der Waals surface area contributed by atoms with E-state index in [0.29, 0.717) is 31.7 Å². The number of rotatable bonds is 12. The predicted octanol–water partition coefficient (Wildman–Crippen LogP) is 2.49. The zero-order valence-corrected chi connectivity index (χ0v) is 17.2. The number of aromatic nitrogens is 2. The van der Waals surface area contributed by atoms with Crippen molar-refractivity contribution in [1.82, 2.24) is 25.1 Å². The Labute approximate surface area is 168 Å². The summed E-state index contributed by atoms with van der Waals surface area (Å²) in [6.45, 7) is 7.07. The van der Waals surface area contributed by atoms with Crippen LogP contribution in [0.5, 0.6) is 0 Å². The normalized spacial score (nSPS) is 14.6. The molecule has 1 aromatic rings. The molecule has 1 saturated heterocycles. The molecule has 7 nitrogen and oxygen atoms in total. The molecule has 0 aromatic carbocycles. The lowest BCUT2D eigenvalue weighted by atomic mass is 10.1. The Kier molecular flexibility index (Phi) is 10.5. The molecular formula is C21H35N5O2. The second kappa shape index (κ2) is 13.2. The molecule has 0 spiro atoms. The number of nitrogens with zero attached hydrogens (tertiary/aromatic N) is 4. The van der Waals surface area contributed by atoms with E-state index in [1.165, 1.54) is 31.7 Å². The van der Waals surface area contributed by atoms with Gasteiger partial charge in [-0.15, -0.1) is 0 Å². The Balaban J connectivity index is 1.76. The molecule has 7 heteroatoms. The number of hydrogen-bond acceptors (Lipinski definition) is 5. The number of nitrogens with one attached hydrogen (secondary N) is 1. The smallest absolute Gasteiger partial charge is 0.274 e. The monoisotopic (exact) mass is 389 g/mol. The predicted molar refractivity (Wildman–Crippen MR) is 110 cm³/mol. The van der Waals surface area contributed by atoms with Crippen molar-refractivity contribution in [2.45, 2.75) is 58.3 Å². The summed E-state index contributed by atoms with van der Waals surface area (Å²) in [6.07, 6.45) is 13.0. The maximum Gasteiger partial charge on any atom is 0.274 e. The first-order chi connectivity index (χ1) is 13.7. The van der Waals surface area contributed by atoms with E-state index in [1.54, 1.807) is 11.1 Å². The highest BCUT2D eigenvalue weighted by atomic mass is 16.2. The average molecular weight is 390 g/mol. The number of piperidine rings is 1. The zero-order chi connectivity index (χ0) is 20.0. The van der Waals surface area contributed by atoms with E-state index in [2.05, 4.69) is 27.1 Å². The van der Waals surface area contributed by atoms with Crippen molar-refractivity contribution in [3.8, 4) is 0 Å². The van der Waals surface area contributed by atoms with Crippen LogP contribution in [0.4, 0.5) is 0 Å². The fraction of sp³-hybridized carbons (Fsp3) is 0.714. The Morgan fingerprint density at radius 1 is 1.11 bits per heavy atom. The van der Waals surface area contributed by atoms with Gasteiger partial charge in [0.2, 0.25) is 5.91 Å². The fourth-order valence-electron chi connectivity index (χ4n) is 3.48. The van der Waals surface area contributed by atoms with Gasteiger partial charge in [-0.3, -0.25) is 14.6 Å². The molecule has 2 heterocycles. The third-order valence-corrected chi connectivity index (χ3v) is 5.16. The van der Waals surface area contributed by atoms with Crippen LogP contribution < -0.4 is 5.32 Å². The summed E-state index contributed by atoms with van der Waals surface area (Å²) < 4.78 is 0. The highest BCUT2D eigenvalue weighted by Crippen LogP contribution is 2.08. The van der Waals surface area contributed by atoms with Crippen LogP contribution in [0.3, 0.4) is 0 Å². The van der Waals surface area contributed by atoms with Gasteiger partial charge in [-0.25, -0.2) is 4.98 Å². The van der Waals surface area contributed by atoms with E-state index in [-0.39, 0.29) is 11.8 Å². The molecule has 0 unspecified atom stereocenters. The summed E-state index contributed by atoms with van der Waals surface area (Å²) in [5.74, 6) is -0.145. The Morgan fingerprint density at radius 3 is 2.64 bits per heavy atom. The molecule has 2 amide bonds. The SMILES string of the molecule is CCCCCCN(CCC(=O)NCCN1CCCCC1)C(=O)c1cnccn1. The summed E-state index contributed by atoms with van der Waals surface area (Å²) in [6, 6.07) is 0. The summed E-state index contributed by atoms with van der Waals surface area (Å²) in [4.78, 5) is 37.2. The summed E-state index contributed by atoms with van der Waals surface area (Å²) >= 11 is 0. The van der Waals surface area contributed by atoms with E-state index in [1.807, 2.05) is 0 Å². The lowest BCUT2D eigenvalue weighted by molar-refractivity contribution is -0.121. The molecule has 0 radical (unpaired) electrons. The molecule has 1 aromatic heterocycles. The van der Waals surface area contributed by atoms with Crippen LogP contribution in [0.1, 0.15) is 68.8 Å². The minimum atomic E-state index is -0.147. The molecule has 0 aliphatic carbocycles. The minimum absolute atomic E-state index is 0.00233. The maximum atomic E-state index is 12.7.